The molecule has 3 rings (SSSR count). The maximum atomic E-state index is 2.56. The van der Waals surface area contributed by atoms with Gasteiger partial charge in [-0.15, -0.1) is 0 Å². The number of nitrogens with zero attached hydrogens (tertiary/aromatic N) is 1. The monoisotopic (exact) mass is 201 g/mol. The van der Waals surface area contributed by atoms with Crippen molar-refractivity contribution in [1.82, 2.24) is 0 Å². The summed E-state index contributed by atoms with van der Waals surface area (Å²) in [7, 11) is 0. The third-order valence-electron chi connectivity index (χ3n) is 4.25. The zero-order valence-electron chi connectivity index (χ0n) is 9.50. The molecule has 0 amide bonds. The third kappa shape index (κ3) is 1.22. The maximum Gasteiger partial charge on any atom is 0.0405 e. The van der Waals surface area contributed by atoms with Gasteiger partial charge in [0.2, 0.25) is 0 Å². The Morgan fingerprint density at radius 2 is 1.93 bits per heavy atom. The normalized spacial score (nSPS) is 22.3. The molecule has 0 bridgehead atoms. The Kier molecular flexibility index (Phi) is 2.01. The largest absolute Gasteiger partial charge is 0.371 e. The van der Waals surface area contributed by atoms with Crippen molar-refractivity contribution in [2.45, 2.75) is 38.0 Å². The van der Waals surface area contributed by atoms with Crippen LogP contribution in [0.4, 0.5) is 5.69 Å². The van der Waals surface area contributed by atoms with Gasteiger partial charge in [0.15, 0.2) is 0 Å². The molecule has 0 unspecified atom stereocenters. The Labute approximate surface area is 92.1 Å². The van der Waals surface area contributed by atoms with Crippen molar-refractivity contribution in [3.63, 3.8) is 0 Å². The Morgan fingerprint density at radius 3 is 2.67 bits per heavy atom. The number of hydrogen-bond acceptors (Lipinski definition) is 1. The number of benzene rings is 1. The van der Waals surface area contributed by atoms with Crippen molar-refractivity contribution in [3.8, 4) is 0 Å². The van der Waals surface area contributed by atoms with Crippen LogP contribution in [-0.4, -0.2) is 13.1 Å². The van der Waals surface area contributed by atoms with Crippen LogP contribution in [-0.2, 0) is 5.41 Å². The van der Waals surface area contributed by atoms with E-state index < -0.39 is 0 Å². The number of rotatable bonds is 1. The first kappa shape index (κ1) is 9.26. The number of likely N-dealkylation sites (N-methyl/N-ethyl adjacent to an activating group) is 1. The van der Waals surface area contributed by atoms with E-state index in [1.807, 2.05) is 0 Å². The van der Waals surface area contributed by atoms with Gasteiger partial charge in [0, 0.05) is 24.2 Å². The first-order valence-corrected chi connectivity index (χ1v) is 6.20. The molecule has 15 heavy (non-hydrogen) atoms. The smallest absolute Gasteiger partial charge is 0.0405 e. The summed E-state index contributed by atoms with van der Waals surface area (Å²) >= 11 is 0. The molecule has 1 aromatic rings. The van der Waals surface area contributed by atoms with E-state index in [0.29, 0.717) is 5.41 Å². The van der Waals surface area contributed by atoms with E-state index in [2.05, 4.69) is 36.1 Å². The van der Waals surface area contributed by atoms with E-state index in [1.54, 1.807) is 5.56 Å². The lowest BCUT2D eigenvalue weighted by molar-refractivity contribution is 0.468. The molecule has 0 atom stereocenters. The van der Waals surface area contributed by atoms with E-state index in [4.69, 9.17) is 0 Å². The van der Waals surface area contributed by atoms with Crippen molar-refractivity contribution < 1.29 is 0 Å². The summed E-state index contributed by atoms with van der Waals surface area (Å²) in [5, 5.41) is 0. The lowest BCUT2D eigenvalue weighted by Crippen LogP contribution is -2.30. The SMILES string of the molecule is CCN1CC2(CCCC2)c2ccccc21. The molecular weight excluding hydrogens is 182 g/mol. The lowest BCUT2D eigenvalue weighted by Gasteiger charge is -2.24. The average molecular weight is 201 g/mol. The predicted octanol–water partition coefficient (Wildman–Crippen LogP) is 3.34. The fourth-order valence-electron chi connectivity index (χ4n) is 3.49. The summed E-state index contributed by atoms with van der Waals surface area (Å²) in [5.74, 6) is 0. The molecule has 1 heterocycles. The Balaban J connectivity index is 2.09. The minimum Gasteiger partial charge on any atom is -0.371 e. The van der Waals surface area contributed by atoms with Gasteiger partial charge in [-0.2, -0.15) is 0 Å². The first-order chi connectivity index (χ1) is 7.36. The fourth-order valence-corrected chi connectivity index (χ4v) is 3.49. The minimum atomic E-state index is 0.520. The van der Waals surface area contributed by atoms with Crippen molar-refractivity contribution in [2.75, 3.05) is 18.0 Å². The number of para-hydroxylation sites is 1. The zero-order chi connectivity index (χ0) is 10.3. The van der Waals surface area contributed by atoms with Crippen LogP contribution >= 0.6 is 0 Å². The van der Waals surface area contributed by atoms with Crippen LogP contribution in [0, 0.1) is 0 Å². The van der Waals surface area contributed by atoms with Crippen molar-refractivity contribution in [3.05, 3.63) is 29.8 Å². The van der Waals surface area contributed by atoms with Crippen LogP contribution in [0.1, 0.15) is 38.2 Å². The molecular formula is C14H19N. The van der Waals surface area contributed by atoms with E-state index in [9.17, 15) is 0 Å². The van der Waals surface area contributed by atoms with E-state index >= 15 is 0 Å². The first-order valence-electron chi connectivity index (χ1n) is 6.20. The maximum absolute atomic E-state index is 2.56. The van der Waals surface area contributed by atoms with Gasteiger partial charge in [0.25, 0.3) is 0 Å². The molecule has 0 radical (unpaired) electrons. The Bertz CT molecular complexity index is 363. The summed E-state index contributed by atoms with van der Waals surface area (Å²) in [6, 6.07) is 9.04. The second kappa shape index (κ2) is 3.26. The van der Waals surface area contributed by atoms with E-state index in [1.165, 1.54) is 37.9 Å². The van der Waals surface area contributed by atoms with Crippen molar-refractivity contribution in [1.29, 1.82) is 0 Å². The van der Waals surface area contributed by atoms with Crippen LogP contribution < -0.4 is 4.90 Å². The molecule has 1 spiro atoms. The van der Waals surface area contributed by atoms with E-state index in [0.717, 1.165) is 6.54 Å². The van der Waals surface area contributed by atoms with Gasteiger partial charge in [-0.25, -0.2) is 0 Å². The molecule has 80 valence electrons. The molecule has 1 aliphatic heterocycles. The standard InChI is InChI=1S/C14H19N/c1-2-15-11-14(9-5-6-10-14)12-7-3-4-8-13(12)15/h3-4,7-8H,2,5-6,9-11H2,1H3. The summed E-state index contributed by atoms with van der Waals surface area (Å²) in [6.07, 6.45) is 5.65. The molecule has 0 saturated heterocycles. The van der Waals surface area contributed by atoms with Crippen molar-refractivity contribution >= 4 is 5.69 Å². The molecule has 1 aromatic carbocycles. The van der Waals surface area contributed by atoms with Crippen LogP contribution in [0.15, 0.2) is 24.3 Å². The zero-order valence-corrected chi connectivity index (χ0v) is 9.50. The quantitative estimate of drug-likeness (QED) is 0.673. The lowest BCUT2D eigenvalue weighted by atomic mass is 9.81. The third-order valence-corrected chi connectivity index (χ3v) is 4.25. The molecule has 0 aromatic heterocycles. The predicted molar refractivity (Wildman–Crippen MR) is 64.5 cm³/mol. The van der Waals surface area contributed by atoms with Gasteiger partial charge in [-0.05, 0) is 31.4 Å². The fraction of sp³-hybridized carbons (Fsp3) is 0.571. The minimum absolute atomic E-state index is 0.520. The van der Waals surface area contributed by atoms with E-state index in [-0.39, 0.29) is 0 Å². The highest BCUT2D eigenvalue weighted by Gasteiger charge is 2.43. The van der Waals surface area contributed by atoms with Crippen molar-refractivity contribution in [2.24, 2.45) is 0 Å². The molecule has 0 N–H and O–H groups in total. The van der Waals surface area contributed by atoms with Gasteiger partial charge in [0.1, 0.15) is 0 Å². The number of fused-ring (bicyclic) bond motifs is 2. The van der Waals surface area contributed by atoms with Gasteiger partial charge in [-0.3, -0.25) is 0 Å². The number of anilines is 1. The summed E-state index contributed by atoms with van der Waals surface area (Å²) in [5.41, 5.74) is 3.65. The van der Waals surface area contributed by atoms with Gasteiger partial charge < -0.3 is 4.90 Å². The highest BCUT2D eigenvalue weighted by Crippen LogP contribution is 2.49. The van der Waals surface area contributed by atoms with Crippen LogP contribution in [0.5, 0.6) is 0 Å². The van der Waals surface area contributed by atoms with Gasteiger partial charge in [0.05, 0.1) is 0 Å². The Hall–Kier alpha value is -0.980. The molecule has 2 aliphatic rings. The average Bonchev–Trinajstić information content (AvgIpc) is 2.87. The van der Waals surface area contributed by atoms with Gasteiger partial charge >= 0.3 is 0 Å². The molecule has 1 saturated carbocycles. The van der Waals surface area contributed by atoms with Crippen LogP contribution in [0.2, 0.25) is 0 Å². The summed E-state index contributed by atoms with van der Waals surface area (Å²) < 4.78 is 0. The topological polar surface area (TPSA) is 3.24 Å². The van der Waals surface area contributed by atoms with Crippen LogP contribution in [0.25, 0.3) is 0 Å². The molecule has 1 fully saturated rings. The molecule has 1 aliphatic carbocycles. The summed E-state index contributed by atoms with van der Waals surface area (Å²) in [4.78, 5) is 2.56. The molecule has 1 nitrogen and oxygen atoms in total. The summed E-state index contributed by atoms with van der Waals surface area (Å²) in [6.45, 7) is 4.69. The number of hydrogen-bond donors (Lipinski definition) is 0. The second-order valence-corrected chi connectivity index (χ2v) is 5.02. The molecule has 1 heteroatoms. The van der Waals surface area contributed by atoms with Crippen LogP contribution in [0.3, 0.4) is 0 Å². The second-order valence-electron chi connectivity index (χ2n) is 5.02. The highest BCUT2D eigenvalue weighted by atomic mass is 15.2. The van der Waals surface area contributed by atoms with Gasteiger partial charge in [-0.1, -0.05) is 31.0 Å². The Morgan fingerprint density at radius 1 is 1.20 bits per heavy atom. The highest BCUT2D eigenvalue weighted by molar-refractivity contribution is 5.62.